The van der Waals surface area contributed by atoms with Gasteiger partial charge in [-0.3, -0.25) is 9.59 Å². The maximum atomic E-state index is 12.4. The minimum absolute atomic E-state index is 0.0523. The summed E-state index contributed by atoms with van der Waals surface area (Å²) in [5, 5.41) is 2.79. The summed E-state index contributed by atoms with van der Waals surface area (Å²) in [5.41, 5.74) is 1.62. The summed E-state index contributed by atoms with van der Waals surface area (Å²) in [6.07, 6.45) is 0.909. The lowest BCUT2D eigenvalue weighted by atomic mass is 10.1. The molecule has 1 unspecified atom stereocenters. The van der Waals surface area contributed by atoms with Crippen molar-refractivity contribution in [1.29, 1.82) is 0 Å². The van der Waals surface area contributed by atoms with Crippen LogP contribution >= 0.6 is 0 Å². The monoisotopic (exact) mass is 244 g/mol. The Morgan fingerprint density at radius 3 is 2.72 bits per heavy atom. The predicted octanol–water partition coefficient (Wildman–Crippen LogP) is 2.02. The number of anilines is 2. The van der Waals surface area contributed by atoms with Gasteiger partial charge in [0.1, 0.15) is 6.54 Å². The molecule has 2 amide bonds. The van der Waals surface area contributed by atoms with Crippen LogP contribution in [0.5, 0.6) is 0 Å². The van der Waals surface area contributed by atoms with Crippen molar-refractivity contribution in [3.63, 3.8) is 0 Å². The molecule has 4 heteroatoms. The standard InChI is InChI=1S/C14H16N2O2/c1-14(2)7-9(14)13(18)16-8-12(17)15-10-5-3-4-6-11(10)16/h3-6,9H,7-8H2,1-2H3,(H,15,17). The van der Waals surface area contributed by atoms with E-state index in [2.05, 4.69) is 19.2 Å². The highest BCUT2D eigenvalue weighted by Gasteiger charge is 2.52. The summed E-state index contributed by atoms with van der Waals surface area (Å²) in [4.78, 5) is 25.7. The van der Waals surface area contributed by atoms with Crippen molar-refractivity contribution in [2.75, 3.05) is 16.8 Å². The average molecular weight is 244 g/mol. The van der Waals surface area contributed by atoms with Gasteiger partial charge in [0.15, 0.2) is 0 Å². The highest BCUT2D eigenvalue weighted by atomic mass is 16.2. The van der Waals surface area contributed by atoms with E-state index in [1.54, 1.807) is 4.90 Å². The highest BCUT2D eigenvalue weighted by Crippen LogP contribution is 2.53. The minimum Gasteiger partial charge on any atom is -0.323 e. The smallest absolute Gasteiger partial charge is 0.244 e. The van der Waals surface area contributed by atoms with Crippen LogP contribution in [0.2, 0.25) is 0 Å². The maximum Gasteiger partial charge on any atom is 0.244 e. The molecular weight excluding hydrogens is 228 g/mol. The van der Waals surface area contributed by atoms with E-state index < -0.39 is 0 Å². The lowest BCUT2D eigenvalue weighted by molar-refractivity contribution is -0.123. The second-order valence-corrected chi connectivity index (χ2v) is 5.73. The van der Waals surface area contributed by atoms with Gasteiger partial charge in [-0.05, 0) is 24.0 Å². The van der Waals surface area contributed by atoms with E-state index in [0.717, 1.165) is 17.8 Å². The summed E-state index contributed by atoms with van der Waals surface area (Å²) < 4.78 is 0. The van der Waals surface area contributed by atoms with Crippen LogP contribution in [0.25, 0.3) is 0 Å². The molecule has 0 radical (unpaired) electrons. The van der Waals surface area contributed by atoms with Crippen LogP contribution < -0.4 is 10.2 Å². The highest BCUT2D eigenvalue weighted by molar-refractivity contribution is 6.11. The van der Waals surface area contributed by atoms with E-state index in [4.69, 9.17) is 0 Å². The largest absolute Gasteiger partial charge is 0.323 e. The normalized spacial score (nSPS) is 24.2. The number of carbonyl (C=O) groups excluding carboxylic acids is 2. The van der Waals surface area contributed by atoms with Crippen LogP contribution in [0.3, 0.4) is 0 Å². The molecule has 1 aromatic carbocycles. The molecule has 1 aliphatic carbocycles. The van der Waals surface area contributed by atoms with Gasteiger partial charge in [0.05, 0.1) is 11.4 Å². The third-order valence-electron chi connectivity index (χ3n) is 3.85. The number of fused-ring (bicyclic) bond motifs is 1. The lowest BCUT2D eigenvalue weighted by Crippen LogP contribution is -2.43. The van der Waals surface area contributed by atoms with Crippen LogP contribution in [0.4, 0.5) is 11.4 Å². The van der Waals surface area contributed by atoms with Crippen molar-refractivity contribution < 1.29 is 9.59 Å². The molecule has 0 bridgehead atoms. The van der Waals surface area contributed by atoms with Crippen molar-refractivity contribution in [2.45, 2.75) is 20.3 Å². The van der Waals surface area contributed by atoms with Gasteiger partial charge in [0.25, 0.3) is 0 Å². The molecule has 1 saturated carbocycles. The van der Waals surface area contributed by atoms with Gasteiger partial charge in [-0.2, -0.15) is 0 Å². The minimum atomic E-state index is -0.125. The summed E-state index contributed by atoms with van der Waals surface area (Å²) in [7, 11) is 0. The Labute approximate surface area is 106 Å². The van der Waals surface area contributed by atoms with Crippen LogP contribution in [-0.4, -0.2) is 18.4 Å². The Balaban J connectivity index is 1.93. The molecule has 0 spiro atoms. The molecule has 1 heterocycles. The molecule has 18 heavy (non-hydrogen) atoms. The van der Waals surface area contributed by atoms with Crippen LogP contribution in [0.1, 0.15) is 20.3 Å². The summed E-state index contributed by atoms with van der Waals surface area (Å²) in [6, 6.07) is 7.44. The van der Waals surface area contributed by atoms with Gasteiger partial charge in [-0.15, -0.1) is 0 Å². The van der Waals surface area contributed by atoms with Crippen molar-refractivity contribution >= 4 is 23.2 Å². The summed E-state index contributed by atoms with van der Waals surface area (Å²) in [5.74, 6) is -0.000683. The first-order valence-electron chi connectivity index (χ1n) is 6.19. The first kappa shape index (κ1) is 11.3. The number of nitrogens with one attached hydrogen (secondary N) is 1. The first-order valence-corrected chi connectivity index (χ1v) is 6.19. The lowest BCUT2D eigenvalue weighted by Gasteiger charge is -2.29. The fourth-order valence-corrected chi connectivity index (χ4v) is 2.51. The van der Waals surface area contributed by atoms with Crippen LogP contribution in [0.15, 0.2) is 24.3 Å². The topological polar surface area (TPSA) is 49.4 Å². The Morgan fingerprint density at radius 1 is 1.39 bits per heavy atom. The van der Waals surface area contributed by atoms with E-state index in [1.165, 1.54) is 0 Å². The van der Waals surface area contributed by atoms with E-state index in [1.807, 2.05) is 24.3 Å². The SMILES string of the molecule is CC1(C)CC1C(=O)N1CC(=O)Nc2ccccc21. The number of hydrogen-bond donors (Lipinski definition) is 1. The molecule has 0 aromatic heterocycles. The van der Waals surface area contributed by atoms with E-state index in [-0.39, 0.29) is 29.7 Å². The molecule has 94 valence electrons. The average Bonchev–Trinajstić information content (AvgIpc) is 2.96. The molecule has 4 nitrogen and oxygen atoms in total. The second kappa shape index (κ2) is 3.57. The Hall–Kier alpha value is -1.84. The maximum absolute atomic E-state index is 12.4. The number of amides is 2. The van der Waals surface area contributed by atoms with E-state index >= 15 is 0 Å². The Kier molecular flexibility index (Phi) is 2.24. The predicted molar refractivity (Wildman–Crippen MR) is 69.3 cm³/mol. The first-order chi connectivity index (χ1) is 8.49. The van der Waals surface area contributed by atoms with Crippen LogP contribution in [0, 0.1) is 11.3 Å². The van der Waals surface area contributed by atoms with Crippen molar-refractivity contribution in [1.82, 2.24) is 0 Å². The van der Waals surface area contributed by atoms with Crippen molar-refractivity contribution in [3.05, 3.63) is 24.3 Å². The van der Waals surface area contributed by atoms with Gasteiger partial charge in [-0.25, -0.2) is 0 Å². The van der Waals surface area contributed by atoms with Gasteiger partial charge in [-0.1, -0.05) is 26.0 Å². The zero-order valence-electron chi connectivity index (χ0n) is 10.6. The molecule has 1 atom stereocenters. The summed E-state index contributed by atoms with van der Waals surface area (Å²) >= 11 is 0. The Morgan fingerprint density at radius 2 is 2.06 bits per heavy atom. The number of rotatable bonds is 1. The molecule has 1 aliphatic heterocycles. The quantitative estimate of drug-likeness (QED) is 0.821. The van der Waals surface area contributed by atoms with Crippen molar-refractivity contribution in [3.8, 4) is 0 Å². The molecule has 3 rings (SSSR count). The van der Waals surface area contributed by atoms with E-state index in [0.29, 0.717) is 0 Å². The van der Waals surface area contributed by atoms with Gasteiger partial charge >= 0.3 is 0 Å². The van der Waals surface area contributed by atoms with Gasteiger partial charge in [0.2, 0.25) is 11.8 Å². The second-order valence-electron chi connectivity index (χ2n) is 5.73. The molecule has 2 aliphatic rings. The molecule has 1 N–H and O–H groups in total. The molecule has 0 saturated heterocycles. The number of hydrogen-bond acceptors (Lipinski definition) is 2. The van der Waals surface area contributed by atoms with Gasteiger partial charge in [0, 0.05) is 5.92 Å². The third kappa shape index (κ3) is 1.68. The molecular formula is C14H16N2O2. The van der Waals surface area contributed by atoms with E-state index in [9.17, 15) is 9.59 Å². The number of nitrogens with zero attached hydrogens (tertiary/aromatic N) is 1. The zero-order valence-corrected chi connectivity index (χ0v) is 10.6. The van der Waals surface area contributed by atoms with Crippen LogP contribution in [-0.2, 0) is 9.59 Å². The number of carbonyl (C=O) groups is 2. The number of para-hydroxylation sites is 2. The van der Waals surface area contributed by atoms with Crippen molar-refractivity contribution in [2.24, 2.45) is 11.3 Å². The van der Waals surface area contributed by atoms with Gasteiger partial charge < -0.3 is 10.2 Å². The Bertz CT molecular complexity index is 536. The summed E-state index contributed by atoms with van der Waals surface area (Å²) in [6.45, 7) is 4.30. The molecule has 1 aromatic rings. The fraction of sp³-hybridized carbons (Fsp3) is 0.429. The molecule has 1 fully saturated rings. The zero-order chi connectivity index (χ0) is 12.9. The number of benzene rings is 1. The fourth-order valence-electron chi connectivity index (χ4n) is 2.51. The third-order valence-corrected chi connectivity index (χ3v) is 3.85.